The van der Waals surface area contributed by atoms with Crippen molar-refractivity contribution in [2.45, 2.75) is 38.2 Å². The van der Waals surface area contributed by atoms with Crippen LogP contribution in [0.1, 0.15) is 37.0 Å². The van der Waals surface area contributed by atoms with Gasteiger partial charge in [-0.3, -0.25) is 0 Å². The van der Waals surface area contributed by atoms with Crippen molar-refractivity contribution in [2.75, 3.05) is 0 Å². The number of aliphatic hydroxyl groups is 1. The summed E-state index contributed by atoms with van der Waals surface area (Å²) in [7, 11) is 0. The van der Waals surface area contributed by atoms with Crippen molar-refractivity contribution in [3.63, 3.8) is 0 Å². The monoisotopic (exact) mass is 250 g/mol. The lowest BCUT2D eigenvalue weighted by Gasteiger charge is -2.22. The number of hydrogen-bond donors (Lipinski definition) is 1. The van der Waals surface area contributed by atoms with Crippen LogP contribution < -0.4 is 0 Å². The van der Waals surface area contributed by atoms with E-state index < -0.39 is 18.5 Å². The van der Waals surface area contributed by atoms with Crippen LogP contribution in [0.2, 0.25) is 0 Å². The van der Waals surface area contributed by atoms with Gasteiger partial charge in [0, 0.05) is 0 Å². The third-order valence-electron chi connectivity index (χ3n) is 2.57. The average Bonchev–Trinajstić information content (AvgIpc) is 2.27. The highest BCUT2D eigenvalue weighted by Gasteiger charge is 2.48. The van der Waals surface area contributed by atoms with Crippen LogP contribution in [0.5, 0.6) is 0 Å². The van der Waals surface area contributed by atoms with Gasteiger partial charge in [0.25, 0.3) is 0 Å². The number of aliphatic hydroxyl groups excluding tert-OH is 1. The predicted octanol–water partition coefficient (Wildman–Crippen LogP) is 3.74. The van der Waals surface area contributed by atoms with Crippen molar-refractivity contribution >= 4 is 0 Å². The lowest BCUT2D eigenvalue weighted by molar-refractivity contribution is -0.193. The minimum atomic E-state index is -4.43. The van der Waals surface area contributed by atoms with Gasteiger partial charge in [-0.1, -0.05) is 38.1 Å². The average molecular weight is 250 g/mol. The molecule has 0 amide bonds. The van der Waals surface area contributed by atoms with Crippen LogP contribution in [0, 0.1) is 0 Å². The summed E-state index contributed by atoms with van der Waals surface area (Å²) < 4.78 is 49.9. The van der Waals surface area contributed by atoms with Gasteiger partial charge >= 0.3 is 12.3 Å². The van der Waals surface area contributed by atoms with Gasteiger partial charge in [0.1, 0.15) is 6.10 Å². The molecule has 0 fully saturated rings. The smallest absolute Gasteiger partial charge is 0.336 e. The topological polar surface area (TPSA) is 20.2 Å². The highest BCUT2D eigenvalue weighted by Crippen LogP contribution is 2.36. The summed E-state index contributed by atoms with van der Waals surface area (Å²) in [5.74, 6) is -4.23. The van der Waals surface area contributed by atoms with Gasteiger partial charge in [-0.05, 0) is 17.0 Å². The first-order chi connectivity index (χ1) is 7.76. The molecule has 0 saturated carbocycles. The summed E-state index contributed by atoms with van der Waals surface area (Å²) in [6.07, 6.45) is -6.37. The van der Waals surface area contributed by atoms with Crippen LogP contribution >= 0.6 is 0 Å². The molecule has 0 heterocycles. The summed E-state index contributed by atoms with van der Waals surface area (Å²) in [5.41, 5.74) is 0.681. The molecule has 1 unspecified atom stereocenters. The highest BCUT2D eigenvalue weighted by molar-refractivity contribution is 5.27. The minimum Gasteiger partial charge on any atom is -0.382 e. The summed E-state index contributed by atoms with van der Waals surface area (Å²) in [6.45, 7) is 3.83. The maximum atomic E-state index is 12.9. The number of benzene rings is 1. The quantitative estimate of drug-likeness (QED) is 0.807. The van der Waals surface area contributed by atoms with Crippen molar-refractivity contribution in [3.8, 4) is 0 Å². The van der Waals surface area contributed by atoms with Crippen LogP contribution in [0.15, 0.2) is 24.3 Å². The van der Waals surface area contributed by atoms with Gasteiger partial charge in [-0.15, -0.1) is 0 Å². The Kier molecular flexibility index (Phi) is 4.14. The molecule has 0 bridgehead atoms. The van der Waals surface area contributed by atoms with E-state index in [1.54, 1.807) is 12.1 Å². The third-order valence-corrected chi connectivity index (χ3v) is 2.57. The van der Waals surface area contributed by atoms with Gasteiger partial charge in [0.2, 0.25) is 0 Å². The second kappa shape index (κ2) is 5.04. The van der Waals surface area contributed by atoms with Crippen LogP contribution in [0.4, 0.5) is 17.6 Å². The van der Waals surface area contributed by atoms with E-state index in [2.05, 4.69) is 0 Å². The second-order valence-electron chi connectivity index (χ2n) is 4.20. The van der Waals surface area contributed by atoms with Gasteiger partial charge in [-0.2, -0.15) is 8.78 Å². The van der Waals surface area contributed by atoms with E-state index in [-0.39, 0.29) is 11.5 Å². The number of rotatable bonds is 4. The molecular weight excluding hydrogens is 236 g/mol. The molecule has 0 spiro atoms. The number of alkyl halides is 4. The van der Waals surface area contributed by atoms with Gasteiger partial charge in [0.15, 0.2) is 0 Å². The van der Waals surface area contributed by atoms with E-state index in [4.69, 9.17) is 0 Å². The molecule has 0 aliphatic heterocycles. The van der Waals surface area contributed by atoms with Crippen LogP contribution in [-0.4, -0.2) is 17.5 Å². The predicted molar refractivity (Wildman–Crippen MR) is 56.4 cm³/mol. The third kappa shape index (κ3) is 2.97. The lowest BCUT2D eigenvalue weighted by Crippen LogP contribution is -2.34. The lowest BCUT2D eigenvalue weighted by atomic mass is 9.98. The molecule has 1 aromatic carbocycles. The molecule has 1 aromatic rings. The first-order valence-corrected chi connectivity index (χ1v) is 5.20. The molecule has 1 rings (SSSR count). The molecule has 0 saturated heterocycles. The molecule has 1 nitrogen and oxygen atoms in total. The fourth-order valence-corrected chi connectivity index (χ4v) is 1.40. The fourth-order valence-electron chi connectivity index (χ4n) is 1.40. The van der Waals surface area contributed by atoms with Crippen molar-refractivity contribution < 1.29 is 22.7 Å². The standard InChI is InChI=1S/C12H14F4O/c1-7(2)8-3-5-9(6-4-8)10(17)12(15,16)11(13)14/h3-7,10-11,17H,1-2H3. The minimum absolute atomic E-state index is 0.205. The summed E-state index contributed by atoms with van der Waals surface area (Å²) in [5, 5.41) is 9.22. The van der Waals surface area contributed by atoms with Gasteiger partial charge in [0.05, 0.1) is 0 Å². The summed E-state index contributed by atoms with van der Waals surface area (Å²) >= 11 is 0. The fraction of sp³-hybridized carbons (Fsp3) is 0.500. The Balaban J connectivity index is 2.94. The maximum absolute atomic E-state index is 12.9. The van der Waals surface area contributed by atoms with Crippen LogP contribution in [0.3, 0.4) is 0 Å². The van der Waals surface area contributed by atoms with Crippen molar-refractivity contribution in [1.82, 2.24) is 0 Å². The van der Waals surface area contributed by atoms with E-state index in [1.807, 2.05) is 13.8 Å². The SMILES string of the molecule is CC(C)c1ccc(C(O)C(F)(F)C(F)F)cc1. The zero-order chi connectivity index (χ0) is 13.2. The molecule has 0 aliphatic carbocycles. The molecule has 0 radical (unpaired) electrons. The Morgan fingerprint density at radius 3 is 1.76 bits per heavy atom. The Morgan fingerprint density at radius 2 is 1.41 bits per heavy atom. The molecule has 1 atom stereocenters. The first kappa shape index (κ1) is 14.0. The Labute approximate surface area is 97.1 Å². The molecule has 96 valence electrons. The molecule has 17 heavy (non-hydrogen) atoms. The Bertz CT molecular complexity index is 359. The van der Waals surface area contributed by atoms with E-state index in [9.17, 15) is 22.7 Å². The van der Waals surface area contributed by atoms with E-state index in [1.165, 1.54) is 12.1 Å². The van der Waals surface area contributed by atoms with Gasteiger partial charge in [-0.25, -0.2) is 8.78 Å². The van der Waals surface area contributed by atoms with Gasteiger partial charge < -0.3 is 5.11 Å². The van der Waals surface area contributed by atoms with E-state index in [0.29, 0.717) is 0 Å². The molecular formula is C12H14F4O. The Hall–Kier alpha value is -1.10. The largest absolute Gasteiger partial charge is 0.382 e. The number of hydrogen-bond acceptors (Lipinski definition) is 1. The molecule has 5 heteroatoms. The second-order valence-corrected chi connectivity index (χ2v) is 4.20. The van der Waals surface area contributed by atoms with Crippen LogP contribution in [0.25, 0.3) is 0 Å². The van der Waals surface area contributed by atoms with Crippen LogP contribution in [-0.2, 0) is 0 Å². The zero-order valence-corrected chi connectivity index (χ0v) is 9.50. The normalized spacial score (nSPS) is 14.4. The van der Waals surface area contributed by atoms with Crippen molar-refractivity contribution in [2.24, 2.45) is 0 Å². The highest BCUT2D eigenvalue weighted by atomic mass is 19.3. The molecule has 0 aromatic heterocycles. The van der Waals surface area contributed by atoms with Crippen molar-refractivity contribution in [1.29, 1.82) is 0 Å². The zero-order valence-electron chi connectivity index (χ0n) is 9.50. The van der Waals surface area contributed by atoms with E-state index in [0.717, 1.165) is 5.56 Å². The molecule has 0 aliphatic rings. The van der Waals surface area contributed by atoms with Crippen molar-refractivity contribution in [3.05, 3.63) is 35.4 Å². The first-order valence-electron chi connectivity index (χ1n) is 5.20. The Morgan fingerprint density at radius 1 is 1.00 bits per heavy atom. The maximum Gasteiger partial charge on any atom is 0.336 e. The molecule has 1 N–H and O–H groups in total. The van der Waals surface area contributed by atoms with E-state index >= 15 is 0 Å². The number of halogens is 4. The summed E-state index contributed by atoms with van der Waals surface area (Å²) in [4.78, 5) is 0. The summed E-state index contributed by atoms with van der Waals surface area (Å²) in [6, 6.07) is 5.59.